The number of hydrogen-bond donors (Lipinski definition) is 0. The van der Waals surface area contributed by atoms with E-state index in [0.29, 0.717) is 36.4 Å². The number of nitrogens with zero attached hydrogens (tertiary/aromatic N) is 1. The van der Waals surface area contributed by atoms with Crippen LogP contribution in [0.4, 0.5) is 0 Å². The molecule has 0 unspecified atom stereocenters. The topological polar surface area (TPSA) is 73.6 Å². The molecule has 0 saturated carbocycles. The largest absolute Gasteiger partial charge is 0.550 e. The van der Waals surface area contributed by atoms with Gasteiger partial charge in [0.2, 0.25) is 0 Å². The van der Waals surface area contributed by atoms with Crippen molar-refractivity contribution in [2.75, 3.05) is 6.54 Å². The minimum Gasteiger partial charge on any atom is -0.550 e. The van der Waals surface area contributed by atoms with Crippen LogP contribution < -0.4 is 5.11 Å². The molecule has 134 valence electrons. The van der Waals surface area contributed by atoms with E-state index in [1.54, 1.807) is 36.4 Å². The fraction of sp³-hybridized carbons (Fsp3) is 0.118. The minimum absolute atomic E-state index is 0.0197. The van der Waals surface area contributed by atoms with Gasteiger partial charge in [-0.3, -0.25) is 9.69 Å². The molecule has 1 aromatic heterocycles. The number of benzene rings is 1. The third kappa shape index (κ3) is 4.12. The molecule has 1 amide bonds. The smallest absolute Gasteiger partial charge is 0.266 e. The van der Waals surface area contributed by atoms with E-state index in [0.717, 1.165) is 11.8 Å². The van der Waals surface area contributed by atoms with E-state index in [1.165, 1.54) is 4.90 Å². The van der Waals surface area contributed by atoms with Crippen LogP contribution in [-0.4, -0.2) is 27.6 Å². The van der Waals surface area contributed by atoms with Crippen molar-refractivity contribution in [2.24, 2.45) is 0 Å². The molecule has 26 heavy (non-hydrogen) atoms. The van der Waals surface area contributed by atoms with Gasteiger partial charge in [-0.15, -0.1) is 0 Å². The van der Waals surface area contributed by atoms with Gasteiger partial charge in [0.1, 0.15) is 15.8 Å². The number of aliphatic carboxylic acids is 1. The molecule has 0 radical (unpaired) electrons. The molecule has 2 aromatic rings. The summed E-state index contributed by atoms with van der Waals surface area (Å²) in [4.78, 5) is 24.5. The van der Waals surface area contributed by atoms with E-state index in [1.807, 2.05) is 0 Å². The van der Waals surface area contributed by atoms with Gasteiger partial charge >= 0.3 is 0 Å². The van der Waals surface area contributed by atoms with Crippen LogP contribution in [0.15, 0.2) is 39.7 Å². The van der Waals surface area contributed by atoms with Crippen LogP contribution in [0, 0.1) is 0 Å². The molecular formula is C17H10Cl2NO4S2-. The lowest BCUT2D eigenvalue weighted by Crippen LogP contribution is -2.33. The van der Waals surface area contributed by atoms with Crippen LogP contribution in [0.25, 0.3) is 17.4 Å². The van der Waals surface area contributed by atoms with Crippen LogP contribution >= 0.6 is 47.2 Å². The summed E-state index contributed by atoms with van der Waals surface area (Å²) in [5.41, 5.74) is 0.678. The first-order valence-electron chi connectivity index (χ1n) is 7.35. The first-order valence-corrected chi connectivity index (χ1v) is 9.33. The average molecular weight is 427 g/mol. The van der Waals surface area contributed by atoms with Gasteiger partial charge in [0.15, 0.2) is 0 Å². The van der Waals surface area contributed by atoms with Gasteiger partial charge < -0.3 is 14.3 Å². The van der Waals surface area contributed by atoms with Gasteiger partial charge in [-0.25, -0.2) is 0 Å². The summed E-state index contributed by atoms with van der Waals surface area (Å²) in [6.45, 7) is -0.0197. The van der Waals surface area contributed by atoms with E-state index in [9.17, 15) is 14.7 Å². The zero-order chi connectivity index (χ0) is 18.8. The van der Waals surface area contributed by atoms with E-state index in [2.05, 4.69) is 0 Å². The van der Waals surface area contributed by atoms with Crippen molar-refractivity contribution in [3.63, 3.8) is 0 Å². The van der Waals surface area contributed by atoms with E-state index >= 15 is 0 Å². The van der Waals surface area contributed by atoms with Crippen LogP contribution in [0.3, 0.4) is 0 Å². The Kier molecular flexibility index (Phi) is 5.72. The molecule has 1 aliphatic rings. The highest BCUT2D eigenvalue weighted by Crippen LogP contribution is 2.35. The number of amides is 1. The Morgan fingerprint density at radius 1 is 1.31 bits per heavy atom. The van der Waals surface area contributed by atoms with Gasteiger partial charge in [0, 0.05) is 35.6 Å². The summed E-state index contributed by atoms with van der Waals surface area (Å²) in [6.07, 6.45) is 1.28. The molecule has 5 nitrogen and oxygen atoms in total. The molecule has 3 rings (SSSR count). The molecule has 1 aliphatic heterocycles. The number of carboxylic acids is 1. The van der Waals surface area contributed by atoms with Gasteiger partial charge in [-0.2, -0.15) is 0 Å². The van der Waals surface area contributed by atoms with Crippen LogP contribution in [0.2, 0.25) is 10.0 Å². The van der Waals surface area contributed by atoms with Crippen molar-refractivity contribution >= 4 is 69.5 Å². The third-order valence-corrected chi connectivity index (χ3v) is 5.44. The summed E-state index contributed by atoms with van der Waals surface area (Å²) in [6, 6.07) is 8.49. The van der Waals surface area contributed by atoms with E-state index in [4.69, 9.17) is 39.8 Å². The van der Waals surface area contributed by atoms with E-state index < -0.39 is 5.97 Å². The highest BCUT2D eigenvalue weighted by Gasteiger charge is 2.31. The second kappa shape index (κ2) is 7.84. The number of thioether (sulfide) groups is 1. The van der Waals surface area contributed by atoms with Gasteiger partial charge in [-0.05, 0) is 30.3 Å². The number of carbonyl (C=O) groups excluding carboxylic acids is 2. The first kappa shape index (κ1) is 19.0. The summed E-state index contributed by atoms with van der Waals surface area (Å²) in [5.74, 6) is -0.612. The number of hydrogen-bond acceptors (Lipinski definition) is 6. The highest BCUT2D eigenvalue weighted by atomic mass is 35.5. The van der Waals surface area contributed by atoms with Crippen molar-refractivity contribution < 1.29 is 19.1 Å². The van der Waals surface area contributed by atoms with Crippen molar-refractivity contribution in [3.8, 4) is 11.3 Å². The zero-order valence-corrected chi connectivity index (χ0v) is 16.2. The van der Waals surface area contributed by atoms with Crippen molar-refractivity contribution in [2.45, 2.75) is 6.42 Å². The molecule has 1 saturated heterocycles. The van der Waals surface area contributed by atoms with Crippen molar-refractivity contribution in [1.29, 1.82) is 0 Å². The lowest BCUT2D eigenvalue weighted by atomic mass is 10.2. The Balaban J connectivity index is 1.81. The van der Waals surface area contributed by atoms with Crippen LogP contribution in [0.5, 0.6) is 0 Å². The maximum absolute atomic E-state index is 12.4. The summed E-state index contributed by atoms with van der Waals surface area (Å²) in [7, 11) is 0. The summed E-state index contributed by atoms with van der Waals surface area (Å²) in [5, 5.41) is 11.6. The predicted octanol–water partition coefficient (Wildman–Crippen LogP) is 3.59. The number of carbonyl (C=O) groups is 2. The maximum atomic E-state index is 12.4. The fourth-order valence-electron chi connectivity index (χ4n) is 2.29. The molecule has 0 bridgehead atoms. The number of thiocarbonyl (C=S) groups is 1. The van der Waals surface area contributed by atoms with Crippen LogP contribution in [0.1, 0.15) is 12.2 Å². The summed E-state index contributed by atoms with van der Waals surface area (Å²) < 4.78 is 6.03. The monoisotopic (exact) mass is 426 g/mol. The lowest BCUT2D eigenvalue weighted by Gasteiger charge is -2.14. The van der Waals surface area contributed by atoms with Gasteiger partial charge in [0.25, 0.3) is 5.91 Å². The Morgan fingerprint density at radius 2 is 2.08 bits per heavy atom. The molecule has 1 fully saturated rings. The molecule has 0 atom stereocenters. The Hall–Kier alpha value is -1.80. The van der Waals surface area contributed by atoms with Crippen molar-refractivity contribution in [3.05, 3.63) is 51.0 Å². The second-order valence-electron chi connectivity index (χ2n) is 5.28. The first-order chi connectivity index (χ1) is 12.3. The molecule has 2 heterocycles. The molecule has 0 spiro atoms. The molecule has 9 heteroatoms. The zero-order valence-electron chi connectivity index (χ0n) is 13.0. The van der Waals surface area contributed by atoms with E-state index in [-0.39, 0.29) is 18.9 Å². The fourth-order valence-corrected chi connectivity index (χ4v) is 4.08. The molecule has 1 aromatic carbocycles. The molecule has 0 N–H and O–H groups in total. The Bertz CT molecular complexity index is 939. The van der Waals surface area contributed by atoms with Crippen LogP contribution in [-0.2, 0) is 9.59 Å². The Morgan fingerprint density at radius 3 is 2.77 bits per heavy atom. The standard InChI is InChI=1S/C17H11Cl2NO4S2/c18-9-1-3-11(12(19)7-9)13-4-2-10(24-13)8-14-16(23)20(17(25)26-14)6-5-15(21)22/h1-4,7-8H,5-6H2,(H,21,22)/p-1/b14-8-. The second-order valence-corrected chi connectivity index (χ2v) is 7.80. The highest BCUT2D eigenvalue weighted by molar-refractivity contribution is 8.26. The molecule has 0 aliphatic carbocycles. The van der Waals surface area contributed by atoms with Gasteiger partial charge in [-0.1, -0.05) is 47.2 Å². The number of carboxylic acid groups (broad SMARTS) is 1. The predicted molar refractivity (Wildman–Crippen MR) is 104 cm³/mol. The Labute approximate surface area is 168 Å². The molecular weight excluding hydrogens is 417 g/mol. The average Bonchev–Trinajstić information content (AvgIpc) is 3.11. The third-order valence-electron chi connectivity index (χ3n) is 3.51. The summed E-state index contributed by atoms with van der Waals surface area (Å²) >= 11 is 18.3. The maximum Gasteiger partial charge on any atom is 0.266 e. The normalized spacial score (nSPS) is 15.9. The number of halogens is 2. The van der Waals surface area contributed by atoms with Crippen molar-refractivity contribution in [1.82, 2.24) is 4.90 Å². The number of furan rings is 1. The SMILES string of the molecule is O=C([O-])CCN1C(=O)/C(=C/c2ccc(-c3ccc(Cl)cc3Cl)o2)SC1=S. The quantitative estimate of drug-likeness (QED) is 0.537. The number of rotatable bonds is 5. The lowest BCUT2D eigenvalue weighted by molar-refractivity contribution is -0.305. The van der Waals surface area contributed by atoms with Gasteiger partial charge in [0.05, 0.1) is 9.93 Å². The minimum atomic E-state index is -1.24.